The van der Waals surface area contributed by atoms with Crippen LogP contribution in [-0.2, 0) is 19.5 Å². The molecule has 2 amide bonds. The Morgan fingerprint density at radius 2 is 1.72 bits per heavy atom. The molecule has 2 aromatic carbocycles. The molecule has 10 heteroatoms. The van der Waals surface area contributed by atoms with E-state index in [-0.39, 0.29) is 16.4 Å². The first kappa shape index (κ1) is 23.9. The average molecular weight is 462 g/mol. The van der Waals surface area contributed by atoms with E-state index in [4.69, 9.17) is 9.47 Å². The van der Waals surface area contributed by atoms with E-state index in [0.29, 0.717) is 57.1 Å². The number of methoxy groups -OCH3 is 1. The standard InChI is InChI=1S/C22H27N3O6S/c1-30-14-4-11-23-22(27)19-5-2-3-6-20(19)24-21(26)17-7-9-18(10-8-17)32(28,29)25-12-15-31-16-13-25/h2-3,5-10H,4,11-16H2,1H3,(H,23,27)(H,24,26). The molecule has 32 heavy (non-hydrogen) atoms. The Labute approximate surface area is 187 Å². The summed E-state index contributed by atoms with van der Waals surface area (Å²) in [5, 5.41) is 5.52. The molecule has 9 nitrogen and oxygen atoms in total. The Kier molecular flexibility index (Phi) is 8.34. The van der Waals surface area contributed by atoms with Gasteiger partial charge in [-0.2, -0.15) is 4.31 Å². The summed E-state index contributed by atoms with van der Waals surface area (Å²) in [7, 11) is -2.04. The van der Waals surface area contributed by atoms with Crippen LogP contribution in [0.4, 0.5) is 5.69 Å². The van der Waals surface area contributed by atoms with Gasteiger partial charge < -0.3 is 20.1 Å². The van der Waals surface area contributed by atoms with E-state index in [2.05, 4.69) is 10.6 Å². The predicted molar refractivity (Wildman–Crippen MR) is 119 cm³/mol. The SMILES string of the molecule is COCCCNC(=O)c1ccccc1NC(=O)c1ccc(S(=O)(=O)N2CCOCC2)cc1. The number of morpholine rings is 1. The smallest absolute Gasteiger partial charge is 0.255 e. The molecule has 0 spiro atoms. The number of carbonyl (C=O) groups is 2. The normalized spacial score (nSPS) is 14.7. The third-order valence-electron chi connectivity index (χ3n) is 4.96. The lowest BCUT2D eigenvalue weighted by atomic mass is 10.1. The van der Waals surface area contributed by atoms with Crippen molar-refractivity contribution < 1.29 is 27.5 Å². The maximum absolute atomic E-state index is 12.7. The van der Waals surface area contributed by atoms with Crippen LogP contribution < -0.4 is 10.6 Å². The number of sulfonamides is 1. The number of ether oxygens (including phenoxy) is 2. The summed E-state index contributed by atoms with van der Waals surface area (Å²) < 4.78 is 37.0. The van der Waals surface area contributed by atoms with Crippen molar-refractivity contribution in [3.8, 4) is 0 Å². The zero-order chi connectivity index (χ0) is 23.0. The van der Waals surface area contributed by atoms with E-state index >= 15 is 0 Å². The summed E-state index contributed by atoms with van der Waals surface area (Å²) >= 11 is 0. The summed E-state index contributed by atoms with van der Waals surface area (Å²) in [5.74, 6) is -0.746. The first-order valence-corrected chi connectivity index (χ1v) is 11.7. The van der Waals surface area contributed by atoms with Gasteiger partial charge in [-0.15, -0.1) is 0 Å². The zero-order valence-electron chi connectivity index (χ0n) is 17.9. The molecule has 3 rings (SSSR count). The largest absolute Gasteiger partial charge is 0.385 e. The second-order valence-corrected chi connectivity index (χ2v) is 9.08. The molecule has 0 aromatic heterocycles. The highest BCUT2D eigenvalue weighted by Gasteiger charge is 2.26. The van der Waals surface area contributed by atoms with Crippen molar-refractivity contribution >= 4 is 27.5 Å². The number of carbonyl (C=O) groups excluding carboxylic acids is 2. The summed E-state index contributed by atoms with van der Waals surface area (Å²) in [4.78, 5) is 25.3. The van der Waals surface area contributed by atoms with Crippen LogP contribution >= 0.6 is 0 Å². The van der Waals surface area contributed by atoms with Crippen LogP contribution in [-0.4, -0.2) is 71.1 Å². The molecule has 0 saturated carbocycles. The zero-order valence-corrected chi connectivity index (χ0v) is 18.7. The number of nitrogens with one attached hydrogen (secondary N) is 2. The number of para-hydroxylation sites is 1. The summed E-state index contributed by atoms with van der Waals surface area (Å²) in [6, 6.07) is 12.4. The van der Waals surface area contributed by atoms with E-state index in [0.717, 1.165) is 0 Å². The Morgan fingerprint density at radius 3 is 2.41 bits per heavy atom. The number of rotatable bonds is 9. The third kappa shape index (κ3) is 5.92. The molecule has 1 aliphatic heterocycles. The van der Waals surface area contributed by atoms with Gasteiger partial charge in [0.1, 0.15) is 0 Å². The topological polar surface area (TPSA) is 114 Å². The number of anilines is 1. The molecule has 2 aromatic rings. The van der Waals surface area contributed by atoms with Crippen LogP contribution in [0.15, 0.2) is 53.4 Å². The molecular formula is C22H27N3O6S. The lowest BCUT2D eigenvalue weighted by Crippen LogP contribution is -2.40. The summed E-state index contributed by atoms with van der Waals surface area (Å²) in [6.07, 6.45) is 0.677. The fourth-order valence-corrected chi connectivity index (χ4v) is 4.62. The predicted octanol–water partition coefficient (Wildman–Crippen LogP) is 1.73. The van der Waals surface area contributed by atoms with Gasteiger partial charge in [0.15, 0.2) is 0 Å². The minimum atomic E-state index is -3.63. The van der Waals surface area contributed by atoms with Crippen LogP contribution in [0.5, 0.6) is 0 Å². The van der Waals surface area contributed by atoms with Crippen LogP contribution in [0, 0.1) is 0 Å². The van der Waals surface area contributed by atoms with Gasteiger partial charge in [0.25, 0.3) is 11.8 Å². The fourth-order valence-electron chi connectivity index (χ4n) is 3.21. The molecule has 2 N–H and O–H groups in total. The number of amides is 2. The van der Waals surface area contributed by atoms with Crippen LogP contribution in [0.3, 0.4) is 0 Å². The van der Waals surface area contributed by atoms with E-state index in [1.54, 1.807) is 31.4 Å². The number of hydrogen-bond acceptors (Lipinski definition) is 6. The van der Waals surface area contributed by atoms with E-state index in [1.165, 1.54) is 28.6 Å². The van der Waals surface area contributed by atoms with Gasteiger partial charge >= 0.3 is 0 Å². The van der Waals surface area contributed by atoms with Crippen molar-refractivity contribution in [2.24, 2.45) is 0 Å². The van der Waals surface area contributed by atoms with Gasteiger partial charge in [-0.3, -0.25) is 9.59 Å². The van der Waals surface area contributed by atoms with Gasteiger partial charge in [0, 0.05) is 38.9 Å². The summed E-state index contributed by atoms with van der Waals surface area (Å²) in [6.45, 7) is 2.31. The van der Waals surface area contributed by atoms with E-state index < -0.39 is 15.9 Å². The molecule has 0 radical (unpaired) electrons. The molecular weight excluding hydrogens is 434 g/mol. The van der Waals surface area contributed by atoms with Gasteiger partial charge in [0.05, 0.1) is 29.4 Å². The van der Waals surface area contributed by atoms with Crippen molar-refractivity contribution in [1.29, 1.82) is 0 Å². The first-order chi connectivity index (χ1) is 15.4. The molecule has 0 aliphatic carbocycles. The minimum absolute atomic E-state index is 0.117. The highest BCUT2D eigenvalue weighted by molar-refractivity contribution is 7.89. The molecule has 1 heterocycles. The van der Waals surface area contributed by atoms with Crippen LogP contribution in [0.2, 0.25) is 0 Å². The monoisotopic (exact) mass is 461 g/mol. The van der Waals surface area contributed by atoms with E-state index in [1.807, 2.05) is 0 Å². The van der Waals surface area contributed by atoms with Crippen molar-refractivity contribution in [1.82, 2.24) is 9.62 Å². The quantitative estimate of drug-likeness (QED) is 0.550. The van der Waals surface area contributed by atoms with Crippen molar-refractivity contribution in [3.05, 3.63) is 59.7 Å². The van der Waals surface area contributed by atoms with Crippen molar-refractivity contribution in [2.75, 3.05) is 51.9 Å². The maximum atomic E-state index is 12.7. The summed E-state index contributed by atoms with van der Waals surface area (Å²) in [5.41, 5.74) is 0.984. The first-order valence-electron chi connectivity index (χ1n) is 10.3. The average Bonchev–Trinajstić information content (AvgIpc) is 2.82. The maximum Gasteiger partial charge on any atom is 0.255 e. The van der Waals surface area contributed by atoms with Gasteiger partial charge in [-0.1, -0.05) is 12.1 Å². The number of nitrogens with zero attached hydrogens (tertiary/aromatic N) is 1. The van der Waals surface area contributed by atoms with Crippen LogP contribution in [0.25, 0.3) is 0 Å². The van der Waals surface area contributed by atoms with Crippen molar-refractivity contribution in [3.63, 3.8) is 0 Å². The minimum Gasteiger partial charge on any atom is -0.385 e. The van der Waals surface area contributed by atoms with Crippen LogP contribution in [0.1, 0.15) is 27.1 Å². The molecule has 1 fully saturated rings. The Bertz CT molecular complexity index is 1030. The van der Waals surface area contributed by atoms with Gasteiger partial charge in [-0.25, -0.2) is 8.42 Å². The van der Waals surface area contributed by atoms with Gasteiger partial charge in [-0.05, 0) is 42.8 Å². The number of benzene rings is 2. The van der Waals surface area contributed by atoms with E-state index in [9.17, 15) is 18.0 Å². The molecule has 1 aliphatic rings. The Balaban J connectivity index is 1.68. The molecule has 0 atom stereocenters. The lowest BCUT2D eigenvalue weighted by Gasteiger charge is -2.26. The molecule has 0 unspecified atom stereocenters. The molecule has 172 valence electrons. The molecule has 0 bridgehead atoms. The Hall–Kier alpha value is -2.79. The molecule has 1 saturated heterocycles. The van der Waals surface area contributed by atoms with Crippen molar-refractivity contribution in [2.45, 2.75) is 11.3 Å². The highest BCUT2D eigenvalue weighted by Crippen LogP contribution is 2.20. The number of hydrogen-bond donors (Lipinski definition) is 2. The second-order valence-electron chi connectivity index (χ2n) is 7.14. The lowest BCUT2D eigenvalue weighted by molar-refractivity contribution is 0.0730. The fraction of sp³-hybridized carbons (Fsp3) is 0.364. The Morgan fingerprint density at radius 1 is 1.03 bits per heavy atom. The third-order valence-corrected chi connectivity index (χ3v) is 6.87. The highest BCUT2D eigenvalue weighted by atomic mass is 32.2. The van der Waals surface area contributed by atoms with Gasteiger partial charge in [0.2, 0.25) is 10.0 Å². The second kappa shape index (κ2) is 11.2.